The number of pyridine rings is 1. The van der Waals surface area contributed by atoms with Crippen molar-refractivity contribution in [1.29, 1.82) is 0 Å². The molecule has 2 aliphatic heterocycles. The lowest BCUT2D eigenvalue weighted by molar-refractivity contribution is -0.139. The summed E-state index contributed by atoms with van der Waals surface area (Å²) in [7, 11) is 0. The number of esters is 1. The molecule has 0 aliphatic carbocycles. The maximum Gasteiger partial charge on any atom is 0.338 e. The van der Waals surface area contributed by atoms with Gasteiger partial charge >= 0.3 is 5.97 Å². The van der Waals surface area contributed by atoms with Crippen LogP contribution in [0.5, 0.6) is 0 Å². The molecule has 8 heteroatoms. The molecule has 2 aliphatic rings. The van der Waals surface area contributed by atoms with E-state index in [0.717, 1.165) is 33.1 Å². The van der Waals surface area contributed by atoms with Crippen molar-refractivity contribution in [2.45, 2.75) is 46.7 Å². The van der Waals surface area contributed by atoms with Gasteiger partial charge in [-0.1, -0.05) is 35.5 Å². The Bertz CT molecular complexity index is 1200. The number of benzene rings is 1. The van der Waals surface area contributed by atoms with Gasteiger partial charge in [-0.15, -0.1) is 0 Å². The third-order valence-corrected chi connectivity index (χ3v) is 6.69. The van der Waals surface area contributed by atoms with E-state index in [1.165, 1.54) is 11.8 Å². The van der Waals surface area contributed by atoms with E-state index in [0.29, 0.717) is 17.8 Å². The van der Waals surface area contributed by atoms with Gasteiger partial charge in [0.2, 0.25) is 5.91 Å². The van der Waals surface area contributed by atoms with Crippen molar-refractivity contribution in [2.24, 2.45) is 4.99 Å². The van der Waals surface area contributed by atoms with E-state index in [-0.39, 0.29) is 24.9 Å². The minimum atomic E-state index is -0.416. The Morgan fingerprint density at radius 3 is 2.65 bits per heavy atom. The van der Waals surface area contributed by atoms with Crippen molar-refractivity contribution in [3.63, 3.8) is 0 Å². The number of aromatic nitrogens is 1. The standard InChI is InChI=1S/C26H28N4O3S/c1-5-33-25(32)23-18(4)29-26-30(24(23)21-12-16(2)6-7-17(21)3)20(15-34-26)13-22(31)28-14-19-8-10-27-11-9-19/h6-12,15,24H,5,13-14H2,1-4H3,(H,28,31). The van der Waals surface area contributed by atoms with Crippen LogP contribution >= 0.6 is 11.8 Å². The zero-order valence-corrected chi connectivity index (χ0v) is 20.6. The zero-order chi connectivity index (χ0) is 24.2. The fraction of sp³-hybridized carbons (Fsp3) is 0.308. The fourth-order valence-electron chi connectivity index (χ4n) is 4.12. The molecule has 7 nitrogen and oxygen atoms in total. The number of amides is 1. The van der Waals surface area contributed by atoms with Gasteiger partial charge in [0.15, 0.2) is 5.17 Å². The van der Waals surface area contributed by atoms with Gasteiger partial charge in [-0.05, 0) is 61.9 Å². The van der Waals surface area contributed by atoms with Crippen molar-refractivity contribution in [1.82, 2.24) is 15.2 Å². The summed E-state index contributed by atoms with van der Waals surface area (Å²) in [5, 5.41) is 5.68. The van der Waals surface area contributed by atoms with Crippen molar-refractivity contribution in [3.8, 4) is 0 Å². The van der Waals surface area contributed by atoms with Crippen LogP contribution in [0.3, 0.4) is 0 Å². The van der Waals surface area contributed by atoms with Crippen molar-refractivity contribution < 1.29 is 14.3 Å². The molecule has 34 heavy (non-hydrogen) atoms. The molecule has 0 bridgehead atoms. The number of aryl methyl sites for hydroxylation is 2. The Kier molecular flexibility index (Phi) is 7.17. The highest BCUT2D eigenvalue weighted by molar-refractivity contribution is 8.16. The largest absolute Gasteiger partial charge is 0.463 e. The maximum absolute atomic E-state index is 13.1. The number of thioether (sulfide) groups is 1. The van der Waals surface area contributed by atoms with E-state index >= 15 is 0 Å². The monoisotopic (exact) mass is 476 g/mol. The lowest BCUT2D eigenvalue weighted by Crippen LogP contribution is -2.38. The first-order valence-corrected chi connectivity index (χ1v) is 12.1. The number of aliphatic imine (C=N–C) groups is 1. The Hall–Kier alpha value is -3.39. The first-order valence-electron chi connectivity index (χ1n) is 11.2. The number of carbonyl (C=O) groups excluding carboxylic acids is 2. The molecule has 1 aromatic carbocycles. The predicted octanol–water partition coefficient (Wildman–Crippen LogP) is 4.54. The molecule has 1 amide bonds. The van der Waals surface area contributed by atoms with Crippen LogP contribution < -0.4 is 5.32 Å². The van der Waals surface area contributed by atoms with Crippen LogP contribution in [0.15, 0.2) is 70.1 Å². The van der Waals surface area contributed by atoms with Gasteiger partial charge in [0.25, 0.3) is 0 Å². The molecule has 4 rings (SSSR count). The third-order valence-electron chi connectivity index (χ3n) is 5.81. The molecule has 1 aromatic heterocycles. The number of hydrogen-bond acceptors (Lipinski definition) is 7. The van der Waals surface area contributed by atoms with E-state index in [1.54, 1.807) is 19.3 Å². The summed E-state index contributed by atoms with van der Waals surface area (Å²) in [6, 6.07) is 9.54. The number of amidine groups is 1. The summed E-state index contributed by atoms with van der Waals surface area (Å²) >= 11 is 1.47. The van der Waals surface area contributed by atoms with Gasteiger partial charge in [0.1, 0.15) is 0 Å². The Morgan fingerprint density at radius 2 is 1.91 bits per heavy atom. The molecule has 0 saturated carbocycles. The summed E-state index contributed by atoms with van der Waals surface area (Å²) in [6.07, 6.45) is 3.58. The Morgan fingerprint density at radius 1 is 1.15 bits per heavy atom. The van der Waals surface area contributed by atoms with Crippen molar-refractivity contribution >= 4 is 28.8 Å². The summed E-state index contributed by atoms with van der Waals surface area (Å²) < 4.78 is 5.42. The molecular weight excluding hydrogens is 448 g/mol. The summed E-state index contributed by atoms with van der Waals surface area (Å²) in [5.41, 5.74) is 6.08. The van der Waals surface area contributed by atoms with Crippen molar-refractivity contribution in [2.75, 3.05) is 6.61 Å². The van der Waals surface area contributed by atoms with Gasteiger partial charge in [0, 0.05) is 24.6 Å². The fourth-order valence-corrected chi connectivity index (χ4v) is 5.08. The second-order valence-corrected chi connectivity index (χ2v) is 9.12. The Labute approximate surface area is 204 Å². The van der Waals surface area contributed by atoms with E-state index in [2.05, 4.69) is 28.5 Å². The molecular formula is C26H28N4O3S. The summed E-state index contributed by atoms with van der Waals surface area (Å²) in [5.74, 6) is -0.485. The van der Waals surface area contributed by atoms with Crippen LogP contribution in [-0.2, 0) is 20.9 Å². The second-order valence-electron chi connectivity index (χ2n) is 8.28. The second kappa shape index (κ2) is 10.3. The van der Waals surface area contributed by atoms with Gasteiger partial charge in [0.05, 0.1) is 30.3 Å². The number of ether oxygens (including phenoxy) is 1. The predicted molar refractivity (Wildman–Crippen MR) is 134 cm³/mol. The number of rotatable bonds is 7. The van der Waals surface area contributed by atoms with Gasteiger partial charge in [-0.2, -0.15) is 0 Å². The molecule has 0 radical (unpaired) electrons. The number of nitrogens with zero attached hydrogens (tertiary/aromatic N) is 3. The average molecular weight is 477 g/mol. The topological polar surface area (TPSA) is 83.9 Å². The first kappa shape index (κ1) is 23.8. The average Bonchev–Trinajstić information content (AvgIpc) is 3.21. The highest BCUT2D eigenvalue weighted by Crippen LogP contribution is 2.45. The summed E-state index contributed by atoms with van der Waals surface area (Å²) in [6.45, 7) is 8.41. The van der Waals surface area contributed by atoms with E-state index < -0.39 is 6.04 Å². The quantitative estimate of drug-likeness (QED) is 0.591. The van der Waals surface area contributed by atoms with Crippen LogP contribution in [0.4, 0.5) is 0 Å². The van der Waals surface area contributed by atoms with Crippen LogP contribution in [0.2, 0.25) is 0 Å². The minimum Gasteiger partial charge on any atom is -0.463 e. The number of nitrogens with one attached hydrogen (secondary N) is 1. The normalized spacial score (nSPS) is 17.2. The first-order chi connectivity index (χ1) is 16.4. The lowest BCUT2D eigenvalue weighted by atomic mass is 9.90. The third kappa shape index (κ3) is 4.92. The number of carbonyl (C=O) groups is 2. The molecule has 3 heterocycles. The van der Waals surface area contributed by atoms with Gasteiger partial charge < -0.3 is 15.0 Å². The molecule has 1 N–H and O–H groups in total. The van der Waals surface area contributed by atoms with Crippen LogP contribution in [0.1, 0.15) is 48.6 Å². The smallest absolute Gasteiger partial charge is 0.338 e. The molecule has 2 aromatic rings. The van der Waals surface area contributed by atoms with E-state index in [4.69, 9.17) is 9.73 Å². The van der Waals surface area contributed by atoms with Gasteiger partial charge in [-0.25, -0.2) is 9.79 Å². The lowest BCUT2D eigenvalue weighted by Gasteiger charge is -2.37. The van der Waals surface area contributed by atoms with E-state index in [1.807, 2.05) is 43.2 Å². The number of hydrogen-bond donors (Lipinski definition) is 1. The van der Waals surface area contributed by atoms with Crippen LogP contribution in [0, 0.1) is 13.8 Å². The maximum atomic E-state index is 13.1. The van der Waals surface area contributed by atoms with Gasteiger partial charge in [-0.3, -0.25) is 9.78 Å². The highest BCUT2D eigenvalue weighted by atomic mass is 32.2. The SMILES string of the molecule is CCOC(=O)C1=C(C)N=C2SC=C(CC(=O)NCc3ccncc3)N2C1c1cc(C)ccc1C. The molecule has 1 atom stereocenters. The molecule has 0 spiro atoms. The molecule has 0 saturated heterocycles. The number of allylic oxidation sites excluding steroid dienone is 1. The summed E-state index contributed by atoms with van der Waals surface area (Å²) in [4.78, 5) is 36.6. The minimum absolute atomic E-state index is 0.103. The number of fused-ring (bicyclic) bond motifs is 1. The molecule has 1 unspecified atom stereocenters. The van der Waals surface area contributed by atoms with E-state index in [9.17, 15) is 9.59 Å². The van der Waals surface area contributed by atoms with Crippen LogP contribution in [0.25, 0.3) is 0 Å². The van der Waals surface area contributed by atoms with Crippen LogP contribution in [-0.4, -0.2) is 33.5 Å². The molecule has 0 fully saturated rings. The highest BCUT2D eigenvalue weighted by Gasteiger charge is 2.41. The van der Waals surface area contributed by atoms with Crippen molar-refractivity contribution in [3.05, 3.63) is 87.4 Å². The zero-order valence-electron chi connectivity index (χ0n) is 19.8. The molecule has 176 valence electrons. The Balaban J connectivity index is 1.65.